The van der Waals surface area contributed by atoms with Gasteiger partial charge in [-0.05, 0) is 37.5 Å². The van der Waals surface area contributed by atoms with Gasteiger partial charge in [0.25, 0.3) is 0 Å². The van der Waals surface area contributed by atoms with Crippen LogP contribution in [0.3, 0.4) is 0 Å². The molecule has 1 fully saturated rings. The molecular weight excluding hydrogens is 334 g/mol. The van der Waals surface area contributed by atoms with E-state index in [2.05, 4.69) is 26.6 Å². The van der Waals surface area contributed by atoms with Gasteiger partial charge in [-0.25, -0.2) is 4.79 Å². The molecule has 1 aromatic rings. The van der Waals surface area contributed by atoms with Crippen molar-refractivity contribution in [1.29, 1.82) is 0 Å². The molecule has 0 saturated heterocycles. The number of hydrogen-bond donors (Lipinski definition) is 2. The standard InChI is InChI=1S/C15H20BrN3O2/c1-10-3-6-13(9-14(10)16)19(11(2)20)8-7-17-15(21)18-12-4-5-12/h3,6,9,12H,4-5,7-8H2,1-2H3,(H2,17,18,21). The molecule has 21 heavy (non-hydrogen) atoms. The Morgan fingerprint density at radius 1 is 1.38 bits per heavy atom. The van der Waals surface area contributed by atoms with Crippen LogP contribution >= 0.6 is 15.9 Å². The molecule has 0 atom stereocenters. The van der Waals surface area contributed by atoms with Crippen molar-refractivity contribution < 1.29 is 9.59 Å². The van der Waals surface area contributed by atoms with E-state index in [0.29, 0.717) is 19.1 Å². The molecule has 0 heterocycles. The van der Waals surface area contributed by atoms with Gasteiger partial charge in [-0.15, -0.1) is 0 Å². The monoisotopic (exact) mass is 353 g/mol. The Morgan fingerprint density at radius 2 is 2.10 bits per heavy atom. The number of nitrogens with zero attached hydrogens (tertiary/aromatic N) is 1. The van der Waals surface area contributed by atoms with E-state index in [1.807, 2.05) is 25.1 Å². The normalized spacial score (nSPS) is 13.7. The summed E-state index contributed by atoms with van der Waals surface area (Å²) in [4.78, 5) is 25.0. The largest absolute Gasteiger partial charge is 0.336 e. The second-order valence-electron chi connectivity index (χ2n) is 5.28. The first-order valence-corrected chi connectivity index (χ1v) is 7.85. The summed E-state index contributed by atoms with van der Waals surface area (Å²) < 4.78 is 0.964. The zero-order valence-electron chi connectivity index (χ0n) is 12.3. The van der Waals surface area contributed by atoms with Crippen molar-refractivity contribution in [1.82, 2.24) is 10.6 Å². The van der Waals surface area contributed by atoms with Crippen molar-refractivity contribution in [3.05, 3.63) is 28.2 Å². The molecule has 0 aliphatic heterocycles. The lowest BCUT2D eigenvalue weighted by molar-refractivity contribution is -0.116. The van der Waals surface area contributed by atoms with Gasteiger partial charge in [0.05, 0.1) is 0 Å². The molecule has 0 radical (unpaired) electrons. The molecule has 0 spiro atoms. The van der Waals surface area contributed by atoms with Gasteiger partial charge in [-0.2, -0.15) is 0 Å². The average molecular weight is 354 g/mol. The van der Waals surface area contributed by atoms with Gasteiger partial charge in [-0.1, -0.05) is 22.0 Å². The Labute approximate surface area is 133 Å². The molecule has 1 saturated carbocycles. The molecule has 0 unspecified atom stereocenters. The molecule has 0 bridgehead atoms. The first kappa shape index (κ1) is 15.8. The highest BCUT2D eigenvalue weighted by molar-refractivity contribution is 9.10. The highest BCUT2D eigenvalue weighted by Crippen LogP contribution is 2.23. The van der Waals surface area contributed by atoms with Crippen LogP contribution < -0.4 is 15.5 Å². The Kier molecular flexibility index (Phi) is 5.22. The molecule has 0 aromatic heterocycles. The minimum absolute atomic E-state index is 0.0462. The van der Waals surface area contributed by atoms with E-state index in [0.717, 1.165) is 28.6 Å². The van der Waals surface area contributed by atoms with Gasteiger partial charge >= 0.3 is 6.03 Å². The fraction of sp³-hybridized carbons (Fsp3) is 0.467. The number of amides is 3. The van der Waals surface area contributed by atoms with Gasteiger partial charge in [0, 0.05) is 36.2 Å². The van der Waals surface area contributed by atoms with Crippen molar-refractivity contribution in [2.75, 3.05) is 18.0 Å². The molecule has 1 aliphatic rings. The fourth-order valence-corrected chi connectivity index (χ4v) is 2.33. The number of hydrogen-bond acceptors (Lipinski definition) is 2. The first-order valence-electron chi connectivity index (χ1n) is 7.06. The topological polar surface area (TPSA) is 61.4 Å². The van der Waals surface area contributed by atoms with Gasteiger partial charge in [-0.3, -0.25) is 4.79 Å². The van der Waals surface area contributed by atoms with Crippen molar-refractivity contribution in [3.63, 3.8) is 0 Å². The van der Waals surface area contributed by atoms with Crippen LogP contribution in [0.4, 0.5) is 10.5 Å². The number of halogens is 1. The SMILES string of the molecule is CC(=O)N(CCNC(=O)NC1CC1)c1ccc(C)c(Br)c1. The Hall–Kier alpha value is -1.56. The van der Waals surface area contributed by atoms with Gasteiger partial charge in [0.1, 0.15) is 0 Å². The van der Waals surface area contributed by atoms with E-state index in [1.54, 1.807) is 4.90 Å². The summed E-state index contributed by atoms with van der Waals surface area (Å²) in [6.45, 7) is 4.39. The summed E-state index contributed by atoms with van der Waals surface area (Å²) in [6, 6.07) is 5.96. The molecule has 5 nitrogen and oxygen atoms in total. The number of aryl methyl sites for hydroxylation is 1. The van der Waals surface area contributed by atoms with Crippen LogP contribution in [0, 0.1) is 6.92 Å². The van der Waals surface area contributed by atoms with Gasteiger partial charge in [0.2, 0.25) is 5.91 Å². The number of urea groups is 1. The molecular formula is C15H20BrN3O2. The lowest BCUT2D eigenvalue weighted by atomic mass is 10.2. The predicted octanol–water partition coefficient (Wildman–Crippen LogP) is 2.57. The third-order valence-electron chi connectivity index (χ3n) is 3.38. The second kappa shape index (κ2) is 6.93. The fourth-order valence-electron chi connectivity index (χ4n) is 1.96. The lowest BCUT2D eigenvalue weighted by Crippen LogP contribution is -2.42. The summed E-state index contributed by atoms with van der Waals surface area (Å²) in [5.74, 6) is -0.0462. The third-order valence-corrected chi connectivity index (χ3v) is 4.24. The van der Waals surface area contributed by atoms with Crippen LogP contribution in [0.25, 0.3) is 0 Å². The average Bonchev–Trinajstić information content (AvgIpc) is 3.21. The Bertz CT molecular complexity index is 544. The molecule has 114 valence electrons. The number of carbonyl (C=O) groups excluding carboxylic acids is 2. The molecule has 2 rings (SSSR count). The zero-order valence-corrected chi connectivity index (χ0v) is 13.9. The number of nitrogens with one attached hydrogen (secondary N) is 2. The highest BCUT2D eigenvalue weighted by atomic mass is 79.9. The van der Waals surface area contributed by atoms with Crippen LogP contribution in [0.15, 0.2) is 22.7 Å². The van der Waals surface area contributed by atoms with Crippen LogP contribution in [-0.4, -0.2) is 31.1 Å². The van der Waals surface area contributed by atoms with Crippen LogP contribution in [0.1, 0.15) is 25.3 Å². The predicted molar refractivity (Wildman–Crippen MR) is 86.5 cm³/mol. The minimum Gasteiger partial charge on any atom is -0.336 e. The number of rotatable bonds is 5. The number of carbonyl (C=O) groups is 2. The van der Waals surface area contributed by atoms with Crippen molar-refractivity contribution in [2.24, 2.45) is 0 Å². The lowest BCUT2D eigenvalue weighted by Gasteiger charge is -2.22. The van der Waals surface area contributed by atoms with E-state index in [4.69, 9.17) is 0 Å². The maximum atomic E-state index is 11.8. The van der Waals surface area contributed by atoms with E-state index < -0.39 is 0 Å². The minimum atomic E-state index is -0.161. The smallest absolute Gasteiger partial charge is 0.315 e. The summed E-state index contributed by atoms with van der Waals surface area (Å²) in [6.07, 6.45) is 2.12. The third kappa shape index (κ3) is 4.74. The van der Waals surface area contributed by atoms with Crippen molar-refractivity contribution in [3.8, 4) is 0 Å². The van der Waals surface area contributed by atoms with E-state index in [9.17, 15) is 9.59 Å². The first-order chi connectivity index (χ1) is 9.97. The van der Waals surface area contributed by atoms with Crippen molar-refractivity contribution >= 4 is 33.6 Å². The molecule has 2 N–H and O–H groups in total. The zero-order chi connectivity index (χ0) is 15.4. The van der Waals surface area contributed by atoms with Crippen LogP contribution in [-0.2, 0) is 4.79 Å². The molecule has 1 aliphatic carbocycles. The second-order valence-corrected chi connectivity index (χ2v) is 6.13. The van der Waals surface area contributed by atoms with Gasteiger partial charge in [0.15, 0.2) is 0 Å². The summed E-state index contributed by atoms with van der Waals surface area (Å²) in [5.41, 5.74) is 1.94. The van der Waals surface area contributed by atoms with Crippen molar-refractivity contribution in [2.45, 2.75) is 32.7 Å². The van der Waals surface area contributed by atoms with Crippen LogP contribution in [0.5, 0.6) is 0 Å². The molecule has 1 aromatic carbocycles. The highest BCUT2D eigenvalue weighted by Gasteiger charge is 2.23. The maximum absolute atomic E-state index is 11.8. The Balaban J connectivity index is 1.90. The summed E-state index contributed by atoms with van der Waals surface area (Å²) in [5, 5.41) is 5.63. The van der Waals surface area contributed by atoms with E-state index in [1.165, 1.54) is 6.92 Å². The van der Waals surface area contributed by atoms with Gasteiger partial charge < -0.3 is 15.5 Å². The van der Waals surface area contributed by atoms with E-state index >= 15 is 0 Å². The van der Waals surface area contributed by atoms with E-state index in [-0.39, 0.29) is 11.9 Å². The number of benzene rings is 1. The molecule has 6 heteroatoms. The quantitative estimate of drug-likeness (QED) is 0.854. The summed E-state index contributed by atoms with van der Waals surface area (Å²) >= 11 is 3.47. The Morgan fingerprint density at radius 3 is 2.67 bits per heavy atom. The molecule has 3 amide bonds. The maximum Gasteiger partial charge on any atom is 0.315 e. The van der Waals surface area contributed by atoms with Crippen LogP contribution in [0.2, 0.25) is 0 Å². The number of anilines is 1. The summed E-state index contributed by atoms with van der Waals surface area (Å²) in [7, 11) is 0.